The molecule has 0 atom stereocenters. The van der Waals surface area contributed by atoms with E-state index in [0.717, 1.165) is 13.0 Å². The molecule has 0 N–H and O–H groups in total. The second-order valence-electron chi connectivity index (χ2n) is 10.6. The number of hydrogen-bond donors (Lipinski definition) is 0. The van der Waals surface area contributed by atoms with Gasteiger partial charge in [-0.1, -0.05) is 96.1 Å². The highest BCUT2D eigenvalue weighted by atomic mass is 16.6. The van der Waals surface area contributed by atoms with Crippen LogP contribution in [0.25, 0.3) is 0 Å². The first-order valence-corrected chi connectivity index (χ1v) is 16.1. The summed E-state index contributed by atoms with van der Waals surface area (Å²) in [6, 6.07) is 6.87. The molecule has 1 aromatic rings. The molecule has 1 aromatic carbocycles. The highest BCUT2D eigenvalue weighted by Gasteiger charge is 2.34. The standard InChI is InChI=1S/C33H55NO7/c1-2-3-4-5-6-7-8-9-10-11-12-13-16-20-37-22-24-39-26-28-41-29-27-40-25-23-38-21-19-34-32(35)30-17-14-15-18-31(30)33(34)36/h14-15,17-18H,2-13,16,19-29H2,1H3. The lowest BCUT2D eigenvalue weighted by Crippen LogP contribution is -2.33. The quantitative estimate of drug-likeness (QED) is 0.0798. The predicted molar refractivity (Wildman–Crippen MR) is 162 cm³/mol. The number of amides is 2. The van der Waals surface area contributed by atoms with Gasteiger partial charge in [-0.25, -0.2) is 0 Å². The van der Waals surface area contributed by atoms with E-state index in [0.29, 0.717) is 64.0 Å². The van der Waals surface area contributed by atoms with Crippen molar-refractivity contribution in [2.24, 2.45) is 0 Å². The van der Waals surface area contributed by atoms with E-state index in [-0.39, 0.29) is 25.0 Å². The normalized spacial score (nSPS) is 13.0. The number of carbonyl (C=O) groups excluding carboxylic acids is 2. The summed E-state index contributed by atoms with van der Waals surface area (Å²) in [5, 5.41) is 0. The molecule has 0 spiro atoms. The molecule has 2 amide bonds. The van der Waals surface area contributed by atoms with Gasteiger partial charge in [0.05, 0.1) is 77.1 Å². The lowest BCUT2D eigenvalue weighted by molar-refractivity contribution is -0.0119. The van der Waals surface area contributed by atoms with Crippen LogP contribution in [0, 0.1) is 0 Å². The Morgan fingerprint density at radius 2 is 0.805 bits per heavy atom. The van der Waals surface area contributed by atoms with E-state index in [9.17, 15) is 9.59 Å². The van der Waals surface area contributed by atoms with Crippen molar-refractivity contribution in [2.45, 2.75) is 90.4 Å². The molecule has 0 saturated carbocycles. The molecular formula is C33H55NO7. The van der Waals surface area contributed by atoms with Crippen LogP contribution in [0.2, 0.25) is 0 Å². The summed E-state index contributed by atoms with van der Waals surface area (Å²) < 4.78 is 27.7. The van der Waals surface area contributed by atoms with Gasteiger partial charge in [0.25, 0.3) is 11.8 Å². The van der Waals surface area contributed by atoms with E-state index in [4.69, 9.17) is 23.7 Å². The lowest BCUT2D eigenvalue weighted by Gasteiger charge is -2.13. The Morgan fingerprint density at radius 3 is 1.22 bits per heavy atom. The van der Waals surface area contributed by atoms with Crippen molar-refractivity contribution in [2.75, 3.05) is 72.6 Å². The zero-order chi connectivity index (χ0) is 29.2. The molecule has 1 aliphatic rings. The lowest BCUT2D eigenvalue weighted by atomic mass is 10.0. The number of unbranched alkanes of at least 4 members (excludes halogenated alkanes) is 12. The van der Waals surface area contributed by atoms with Crippen molar-refractivity contribution in [3.05, 3.63) is 35.4 Å². The maximum absolute atomic E-state index is 12.3. The Balaban J connectivity index is 1.21. The van der Waals surface area contributed by atoms with E-state index >= 15 is 0 Å². The highest BCUT2D eigenvalue weighted by molar-refractivity contribution is 6.21. The number of imide groups is 1. The van der Waals surface area contributed by atoms with E-state index < -0.39 is 0 Å². The Bertz CT molecular complexity index is 769. The van der Waals surface area contributed by atoms with Crippen molar-refractivity contribution < 1.29 is 33.3 Å². The van der Waals surface area contributed by atoms with Gasteiger partial charge in [-0.2, -0.15) is 0 Å². The molecule has 234 valence electrons. The first kappa shape index (κ1) is 35.4. The third-order valence-corrected chi connectivity index (χ3v) is 7.22. The Labute approximate surface area is 248 Å². The fourth-order valence-electron chi connectivity index (χ4n) is 4.80. The molecule has 41 heavy (non-hydrogen) atoms. The van der Waals surface area contributed by atoms with Crippen LogP contribution in [0.1, 0.15) is 111 Å². The fourth-order valence-corrected chi connectivity index (χ4v) is 4.80. The third-order valence-electron chi connectivity index (χ3n) is 7.22. The van der Waals surface area contributed by atoms with E-state index in [1.807, 2.05) is 0 Å². The minimum atomic E-state index is -0.260. The number of ether oxygens (including phenoxy) is 5. The van der Waals surface area contributed by atoms with Crippen LogP contribution in [-0.2, 0) is 23.7 Å². The molecule has 0 bridgehead atoms. The van der Waals surface area contributed by atoms with Crippen molar-refractivity contribution >= 4 is 11.8 Å². The zero-order valence-corrected chi connectivity index (χ0v) is 25.6. The number of hydrogen-bond acceptors (Lipinski definition) is 7. The first-order chi connectivity index (χ1) is 20.3. The van der Waals surface area contributed by atoms with Gasteiger partial charge in [0.1, 0.15) is 0 Å². The molecule has 0 aromatic heterocycles. The van der Waals surface area contributed by atoms with Gasteiger partial charge < -0.3 is 23.7 Å². The van der Waals surface area contributed by atoms with E-state index in [1.165, 1.54) is 81.9 Å². The second-order valence-corrected chi connectivity index (χ2v) is 10.6. The van der Waals surface area contributed by atoms with Gasteiger partial charge in [-0.05, 0) is 18.6 Å². The van der Waals surface area contributed by atoms with Gasteiger partial charge >= 0.3 is 0 Å². The molecule has 0 aliphatic carbocycles. The SMILES string of the molecule is CCCCCCCCCCCCCCCOCCOCCOCCOCCOCCN1C(=O)c2ccccc2C1=O. The summed E-state index contributed by atoms with van der Waals surface area (Å²) in [4.78, 5) is 25.8. The monoisotopic (exact) mass is 577 g/mol. The molecule has 0 unspecified atom stereocenters. The molecule has 8 nitrogen and oxygen atoms in total. The average molecular weight is 578 g/mol. The maximum atomic E-state index is 12.3. The van der Waals surface area contributed by atoms with Crippen LogP contribution < -0.4 is 0 Å². The first-order valence-electron chi connectivity index (χ1n) is 16.1. The summed E-state index contributed by atoms with van der Waals surface area (Å²) in [6.07, 6.45) is 17.7. The molecule has 0 fully saturated rings. The molecule has 1 heterocycles. The summed E-state index contributed by atoms with van der Waals surface area (Å²) in [6.45, 7) is 7.71. The van der Waals surface area contributed by atoms with Crippen LogP contribution in [0.3, 0.4) is 0 Å². The van der Waals surface area contributed by atoms with Crippen molar-refractivity contribution in [3.8, 4) is 0 Å². The Morgan fingerprint density at radius 1 is 0.463 bits per heavy atom. The fraction of sp³-hybridized carbons (Fsp3) is 0.758. The van der Waals surface area contributed by atoms with Gasteiger partial charge in [0.15, 0.2) is 0 Å². The minimum Gasteiger partial charge on any atom is -0.379 e. The highest BCUT2D eigenvalue weighted by Crippen LogP contribution is 2.21. The van der Waals surface area contributed by atoms with E-state index in [1.54, 1.807) is 24.3 Å². The Hall–Kier alpha value is -1.84. The van der Waals surface area contributed by atoms with Crippen LogP contribution >= 0.6 is 0 Å². The average Bonchev–Trinajstić information content (AvgIpc) is 3.23. The van der Waals surface area contributed by atoms with Gasteiger partial charge in [-0.15, -0.1) is 0 Å². The van der Waals surface area contributed by atoms with Crippen molar-refractivity contribution in [1.29, 1.82) is 0 Å². The summed E-state index contributed by atoms with van der Waals surface area (Å²) in [5.41, 5.74) is 0.916. The minimum absolute atomic E-state index is 0.236. The number of carbonyl (C=O) groups is 2. The number of rotatable bonds is 29. The zero-order valence-electron chi connectivity index (χ0n) is 25.6. The number of benzene rings is 1. The van der Waals surface area contributed by atoms with Crippen LogP contribution in [-0.4, -0.2) is 89.3 Å². The summed E-state index contributed by atoms with van der Waals surface area (Å²) in [7, 11) is 0. The molecule has 2 rings (SSSR count). The topological polar surface area (TPSA) is 83.5 Å². The summed E-state index contributed by atoms with van der Waals surface area (Å²) in [5.74, 6) is -0.520. The maximum Gasteiger partial charge on any atom is 0.261 e. The van der Waals surface area contributed by atoms with Crippen LogP contribution in [0.15, 0.2) is 24.3 Å². The second kappa shape index (κ2) is 24.7. The van der Waals surface area contributed by atoms with Gasteiger partial charge in [-0.3, -0.25) is 14.5 Å². The largest absolute Gasteiger partial charge is 0.379 e. The van der Waals surface area contributed by atoms with Crippen molar-refractivity contribution in [1.82, 2.24) is 4.90 Å². The molecule has 1 aliphatic heterocycles. The van der Waals surface area contributed by atoms with E-state index in [2.05, 4.69) is 6.92 Å². The summed E-state index contributed by atoms with van der Waals surface area (Å²) >= 11 is 0. The molecular weight excluding hydrogens is 522 g/mol. The molecule has 8 heteroatoms. The molecule has 0 radical (unpaired) electrons. The predicted octanol–water partition coefficient (Wildman–Crippen LogP) is 6.46. The van der Waals surface area contributed by atoms with Crippen LogP contribution in [0.4, 0.5) is 0 Å². The van der Waals surface area contributed by atoms with Crippen LogP contribution in [0.5, 0.6) is 0 Å². The number of fused-ring (bicyclic) bond motifs is 1. The van der Waals surface area contributed by atoms with Gasteiger partial charge in [0.2, 0.25) is 0 Å². The van der Waals surface area contributed by atoms with Gasteiger partial charge in [0, 0.05) is 6.61 Å². The number of nitrogens with zero attached hydrogens (tertiary/aromatic N) is 1. The smallest absolute Gasteiger partial charge is 0.261 e. The Kier molecular flexibility index (Phi) is 21.3. The molecule has 0 saturated heterocycles. The van der Waals surface area contributed by atoms with Crippen molar-refractivity contribution in [3.63, 3.8) is 0 Å². The third kappa shape index (κ3) is 16.4.